The minimum absolute atomic E-state index is 0.208. The highest BCUT2D eigenvalue weighted by Crippen LogP contribution is 2.18. The van der Waals surface area contributed by atoms with Gasteiger partial charge in [-0.2, -0.15) is 4.31 Å². The maximum atomic E-state index is 12.5. The van der Waals surface area contributed by atoms with Crippen LogP contribution in [0.25, 0.3) is 0 Å². The van der Waals surface area contributed by atoms with Crippen LogP contribution in [-0.2, 0) is 14.8 Å². The van der Waals surface area contributed by atoms with E-state index in [4.69, 9.17) is 0 Å². The first-order valence-electron chi connectivity index (χ1n) is 6.90. The standard InChI is InChI=1S/C14H20N2O4S/c1-3-15-8-10-16(11-9-15)21(18,19)13-6-4-12(5-7-13)14(17)20-2/h4-7H,3,8-11H2,1-2H3. The SMILES string of the molecule is CCN1CCN(S(=O)(=O)c2ccc(C(=O)OC)cc2)CC1. The molecule has 1 fully saturated rings. The smallest absolute Gasteiger partial charge is 0.337 e. The summed E-state index contributed by atoms with van der Waals surface area (Å²) in [6.45, 7) is 5.48. The molecule has 0 bridgehead atoms. The number of nitrogens with zero attached hydrogens (tertiary/aromatic N) is 2. The molecule has 1 aliphatic rings. The molecule has 1 aromatic carbocycles. The molecule has 7 heteroatoms. The molecule has 0 amide bonds. The van der Waals surface area contributed by atoms with Gasteiger partial charge in [0.2, 0.25) is 10.0 Å². The van der Waals surface area contributed by atoms with Crippen LogP contribution in [0.3, 0.4) is 0 Å². The van der Waals surface area contributed by atoms with Gasteiger partial charge in [-0.15, -0.1) is 0 Å². The molecule has 0 N–H and O–H groups in total. The molecule has 1 heterocycles. The average Bonchev–Trinajstić information content (AvgIpc) is 2.54. The predicted molar refractivity (Wildman–Crippen MR) is 78.7 cm³/mol. The van der Waals surface area contributed by atoms with Gasteiger partial charge in [0.05, 0.1) is 17.6 Å². The van der Waals surface area contributed by atoms with Crippen LogP contribution in [0, 0.1) is 0 Å². The summed E-state index contributed by atoms with van der Waals surface area (Å²) in [6, 6.07) is 5.85. The Hall–Kier alpha value is -1.44. The van der Waals surface area contributed by atoms with Gasteiger partial charge in [0, 0.05) is 26.2 Å². The minimum Gasteiger partial charge on any atom is -0.465 e. The molecular weight excluding hydrogens is 292 g/mol. The van der Waals surface area contributed by atoms with Crippen LogP contribution in [0.1, 0.15) is 17.3 Å². The normalized spacial score (nSPS) is 17.6. The molecule has 0 unspecified atom stereocenters. The number of carbonyl (C=O) groups is 1. The van der Waals surface area contributed by atoms with E-state index in [1.165, 1.54) is 35.7 Å². The molecule has 21 heavy (non-hydrogen) atoms. The number of carbonyl (C=O) groups excluding carboxylic acids is 1. The highest BCUT2D eigenvalue weighted by molar-refractivity contribution is 7.89. The highest BCUT2D eigenvalue weighted by atomic mass is 32.2. The summed E-state index contributed by atoms with van der Waals surface area (Å²) in [4.78, 5) is 13.8. The summed E-state index contributed by atoms with van der Waals surface area (Å²) >= 11 is 0. The summed E-state index contributed by atoms with van der Waals surface area (Å²) in [6.07, 6.45) is 0. The van der Waals surface area contributed by atoms with Crippen LogP contribution in [0.4, 0.5) is 0 Å². The summed E-state index contributed by atoms with van der Waals surface area (Å²) in [5.41, 5.74) is 0.340. The molecule has 0 saturated carbocycles. The van der Waals surface area contributed by atoms with Crippen molar-refractivity contribution < 1.29 is 17.9 Å². The summed E-state index contributed by atoms with van der Waals surface area (Å²) in [7, 11) is -2.20. The minimum atomic E-state index is -3.49. The van der Waals surface area contributed by atoms with E-state index in [9.17, 15) is 13.2 Å². The molecule has 2 rings (SSSR count). The zero-order valence-electron chi connectivity index (χ0n) is 12.3. The second-order valence-electron chi connectivity index (χ2n) is 4.85. The third-order valence-corrected chi connectivity index (χ3v) is 5.60. The van der Waals surface area contributed by atoms with Crippen molar-refractivity contribution in [2.24, 2.45) is 0 Å². The van der Waals surface area contributed by atoms with Crippen molar-refractivity contribution in [3.8, 4) is 0 Å². The van der Waals surface area contributed by atoms with E-state index in [0.29, 0.717) is 18.7 Å². The van der Waals surface area contributed by atoms with Crippen LogP contribution >= 0.6 is 0 Å². The average molecular weight is 312 g/mol. The predicted octanol–water partition coefficient (Wildman–Crippen LogP) is 0.799. The third kappa shape index (κ3) is 3.42. The van der Waals surface area contributed by atoms with Crippen molar-refractivity contribution in [1.82, 2.24) is 9.21 Å². The van der Waals surface area contributed by atoms with E-state index in [-0.39, 0.29) is 4.90 Å². The van der Waals surface area contributed by atoms with E-state index >= 15 is 0 Å². The molecule has 0 aliphatic carbocycles. The fourth-order valence-electron chi connectivity index (χ4n) is 2.32. The Kier molecular flexibility index (Phi) is 4.97. The molecule has 0 atom stereocenters. The lowest BCUT2D eigenvalue weighted by atomic mass is 10.2. The van der Waals surface area contributed by atoms with Crippen LogP contribution < -0.4 is 0 Å². The van der Waals surface area contributed by atoms with Gasteiger partial charge in [0.15, 0.2) is 0 Å². The van der Waals surface area contributed by atoms with Gasteiger partial charge >= 0.3 is 5.97 Å². The van der Waals surface area contributed by atoms with Gasteiger partial charge in [0.1, 0.15) is 0 Å². The van der Waals surface area contributed by atoms with E-state index in [1.807, 2.05) is 0 Å². The molecule has 0 aromatic heterocycles. The van der Waals surface area contributed by atoms with Crippen LogP contribution in [0.2, 0.25) is 0 Å². The van der Waals surface area contributed by atoms with Gasteiger partial charge in [0.25, 0.3) is 0 Å². The lowest BCUT2D eigenvalue weighted by Gasteiger charge is -2.33. The number of ether oxygens (including phenoxy) is 1. The lowest BCUT2D eigenvalue weighted by Crippen LogP contribution is -2.48. The monoisotopic (exact) mass is 312 g/mol. The molecule has 1 aliphatic heterocycles. The Morgan fingerprint density at radius 1 is 1.14 bits per heavy atom. The van der Waals surface area contributed by atoms with Crippen LogP contribution in [-0.4, -0.2) is 63.4 Å². The van der Waals surface area contributed by atoms with Crippen molar-refractivity contribution in [1.29, 1.82) is 0 Å². The number of methoxy groups -OCH3 is 1. The van der Waals surface area contributed by atoms with Crippen molar-refractivity contribution in [3.05, 3.63) is 29.8 Å². The molecule has 6 nitrogen and oxygen atoms in total. The number of hydrogen-bond acceptors (Lipinski definition) is 5. The zero-order valence-corrected chi connectivity index (χ0v) is 13.1. The van der Waals surface area contributed by atoms with E-state index in [0.717, 1.165) is 19.6 Å². The number of sulfonamides is 1. The highest BCUT2D eigenvalue weighted by Gasteiger charge is 2.28. The summed E-state index contributed by atoms with van der Waals surface area (Å²) in [5.74, 6) is -0.476. The Morgan fingerprint density at radius 2 is 1.71 bits per heavy atom. The number of piperazine rings is 1. The zero-order chi connectivity index (χ0) is 15.5. The van der Waals surface area contributed by atoms with Gasteiger partial charge in [-0.1, -0.05) is 6.92 Å². The number of benzene rings is 1. The topological polar surface area (TPSA) is 66.9 Å². The first kappa shape index (κ1) is 15.9. The second kappa shape index (κ2) is 6.55. The Morgan fingerprint density at radius 3 is 2.19 bits per heavy atom. The van der Waals surface area contributed by atoms with Gasteiger partial charge < -0.3 is 9.64 Å². The summed E-state index contributed by atoms with van der Waals surface area (Å²) in [5, 5.41) is 0. The van der Waals surface area contributed by atoms with E-state index in [2.05, 4.69) is 16.6 Å². The Bertz CT molecular complexity index is 590. The number of hydrogen-bond donors (Lipinski definition) is 0. The Balaban J connectivity index is 2.14. The molecule has 116 valence electrons. The van der Waals surface area contributed by atoms with Crippen molar-refractivity contribution in [2.45, 2.75) is 11.8 Å². The van der Waals surface area contributed by atoms with E-state index < -0.39 is 16.0 Å². The number of rotatable bonds is 4. The van der Waals surface area contributed by atoms with Gasteiger partial charge in [-0.25, -0.2) is 13.2 Å². The lowest BCUT2D eigenvalue weighted by molar-refractivity contribution is 0.0600. The second-order valence-corrected chi connectivity index (χ2v) is 6.79. The Labute approximate surface area is 125 Å². The molecule has 1 aromatic rings. The number of esters is 1. The first-order chi connectivity index (χ1) is 9.98. The maximum absolute atomic E-state index is 12.5. The molecule has 0 radical (unpaired) electrons. The van der Waals surface area contributed by atoms with Crippen LogP contribution in [0.15, 0.2) is 29.2 Å². The molecular formula is C14H20N2O4S. The van der Waals surface area contributed by atoms with Crippen molar-refractivity contribution >= 4 is 16.0 Å². The fraction of sp³-hybridized carbons (Fsp3) is 0.500. The largest absolute Gasteiger partial charge is 0.465 e. The van der Waals surface area contributed by atoms with Gasteiger partial charge in [-0.3, -0.25) is 0 Å². The van der Waals surface area contributed by atoms with Crippen molar-refractivity contribution in [3.63, 3.8) is 0 Å². The third-order valence-electron chi connectivity index (χ3n) is 3.69. The summed E-state index contributed by atoms with van der Waals surface area (Å²) < 4.78 is 31.1. The first-order valence-corrected chi connectivity index (χ1v) is 8.34. The fourth-order valence-corrected chi connectivity index (χ4v) is 3.74. The van der Waals surface area contributed by atoms with Crippen molar-refractivity contribution in [2.75, 3.05) is 39.8 Å². The van der Waals surface area contributed by atoms with E-state index in [1.54, 1.807) is 0 Å². The van der Waals surface area contributed by atoms with Crippen LogP contribution in [0.5, 0.6) is 0 Å². The molecule has 1 saturated heterocycles. The maximum Gasteiger partial charge on any atom is 0.337 e. The molecule has 0 spiro atoms. The quantitative estimate of drug-likeness (QED) is 0.769. The van der Waals surface area contributed by atoms with Gasteiger partial charge in [-0.05, 0) is 30.8 Å². The number of likely N-dealkylation sites (N-methyl/N-ethyl adjacent to an activating group) is 1.